The standard InChI is InChI=1S/C16H16N2OS2/c19-16(18-10-4-3-7-17-9-10)14-8-13-15(21-14)11-5-1-2-6-12(11)20-13/h1-2,5-6,8,10,17H,3-4,7,9H2,(H,18,19)/t10-/m0/s1. The fraction of sp³-hybridized carbons (Fsp3) is 0.312. The Hall–Kier alpha value is -1.43. The lowest BCUT2D eigenvalue weighted by atomic mass is 10.1. The van der Waals surface area contributed by atoms with Crippen LogP contribution >= 0.6 is 22.7 Å². The first kappa shape index (κ1) is 13.2. The third-order valence-corrected chi connectivity index (χ3v) is 6.32. The molecule has 3 nitrogen and oxygen atoms in total. The molecule has 1 fully saturated rings. The number of fused-ring (bicyclic) bond motifs is 3. The molecule has 0 radical (unpaired) electrons. The summed E-state index contributed by atoms with van der Waals surface area (Å²) in [5.74, 6) is 0.0705. The average molecular weight is 316 g/mol. The highest BCUT2D eigenvalue weighted by Crippen LogP contribution is 2.39. The van der Waals surface area contributed by atoms with Crippen LogP contribution in [0.3, 0.4) is 0 Å². The average Bonchev–Trinajstić information content (AvgIpc) is 3.06. The van der Waals surface area contributed by atoms with E-state index in [1.807, 2.05) is 6.07 Å². The molecule has 1 aliphatic rings. The normalized spacial score (nSPS) is 19.1. The molecule has 21 heavy (non-hydrogen) atoms. The van der Waals surface area contributed by atoms with Crippen molar-refractivity contribution in [3.63, 3.8) is 0 Å². The Kier molecular flexibility index (Phi) is 3.41. The van der Waals surface area contributed by atoms with Gasteiger partial charge in [-0.1, -0.05) is 18.2 Å². The predicted octanol–water partition coefficient (Wildman–Crippen LogP) is 3.60. The smallest absolute Gasteiger partial charge is 0.261 e. The molecule has 0 unspecified atom stereocenters. The number of hydrogen-bond donors (Lipinski definition) is 2. The zero-order valence-corrected chi connectivity index (χ0v) is 13.2. The van der Waals surface area contributed by atoms with Gasteiger partial charge in [0.05, 0.1) is 9.58 Å². The molecule has 1 aromatic carbocycles. The van der Waals surface area contributed by atoms with Crippen molar-refractivity contribution in [2.24, 2.45) is 0 Å². The van der Waals surface area contributed by atoms with Gasteiger partial charge in [0.2, 0.25) is 0 Å². The number of benzene rings is 1. The van der Waals surface area contributed by atoms with Gasteiger partial charge in [0.1, 0.15) is 0 Å². The number of rotatable bonds is 2. The molecule has 1 atom stereocenters. The first-order valence-corrected chi connectivity index (χ1v) is 8.87. The van der Waals surface area contributed by atoms with E-state index in [4.69, 9.17) is 0 Å². The summed E-state index contributed by atoms with van der Waals surface area (Å²) in [5.41, 5.74) is 0. The van der Waals surface area contributed by atoms with E-state index in [1.165, 1.54) is 19.5 Å². The summed E-state index contributed by atoms with van der Waals surface area (Å²) in [6.45, 7) is 1.95. The quantitative estimate of drug-likeness (QED) is 0.758. The molecular weight excluding hydrogens is 300 g/mol. The molecule has 1 amide bonds. The van der Waals surface area contributed by atoms with Crippen molar-refractivity contribution >= 4 is 48.1 Å². The number of amides is 1. The summed E-state index contributed by atoms with van der Waals surface area (Å²) in [5, 5.41) is 7.74. The van der Waals surface area contributed by atoms with Gasteiger partial charge in [-0.2, -0.15) is 0 Å². The van der Waals surface area contributed by atoms with Gasteiger partial charge in [0.15, 0.2) is 0 Å². The van der Waals surface area contributed by atoms with Crippen LogP contribution in [0, 0.1) is 0 Å². The van der Waals surface area contributed by atoms with Gasteiger partial charge >= 0.3 is 0 Å². The Bertz CT molecular complexity index is 799. The van der Waals surface area contributed by atoms with E-state index in [9.17, 15) is 4.79 Å². The van der Waals surface area contributed by atoms with Crippen molar-refractivity contribution in [1.82, 2.24) is 10.6 Å². The van der Waals surface area contributed by atoms with Crippen LogP contribution in [-0.2, 0) is 0 Å². The van der Waals surface area contributed by atoms with Crippen molar-refractivity contribution in [2.75, 3.05) is 13.1 Å². The Balaban J connectivity index is 1.62. The molecule has 4 rings (SSSR count). The van der Waals surface area contributed by atoms with Crippen molar-refractivity contribution in [3.05, 3.63) is 35.2 Å². The SMILES string of the molecule is O=C(N[C@H]1CCCNC1)c1cc2sc3ccccc3c2s1. The first-order chi connectivity index (χ1) is 10.3. The van der Waals surface area contributed by atoms with E-state index >= 15 is 0 Å². The molecule has 3 aromatic rings. The highest BCUT2D eigenvalue weighted by atomic mass is 32.1. The third-order valence-electron chi connectivity index (χ3n) is 3.91. The molecule has 2 aromatic heterocycles. The molecule has 0 aliphatic carbocycles. The zero-order valence-electron chi connectivity index (χ0n) is 11.5. The van der Waals surface area contributed by atoms with Crippen LogP contribution in [0.5, 0.6) is 0 Å². The molecule has 0 saturated carbocycles. The summed E-state index contributed by atoms with van der Waals surface area (Å²) < 4.78 is 3.75. The van der Waals surface area contributed by atoms with Crippen LogP contribution in [0.2, 0.25) is 0 Å². The van der Waals surface area contributed by atoms with Crippen LogP contribution in [0.1, 0.15) is 22.5 Å². The molecule has 0 bridgehead atoms. The van der Waals surface area contributed by atoms with E-state index in [0.717, 1.165) is 30.8 Å². The van der Waals surface area contributed by atoms with Crippen LogP contribution in [0.4, 0.5) is 0 Å². The Morgan fingerprint density at radius 3 is 3.00 bits per heavy atom. The van der Waals surface area contributed by atoms with E-state index in [2.05, 4.69) is 34.9 Å². The van der Waals surface area contributed by atoms with Crippen molar-refractivity contribution in [1.29, 1.82) is 0 Å². The van der Waals surface area contributed by atoms with Gasteiger partial charge in [0, 0.05) is 27.4 Å². The summed E-state index contributed by atoms with van der Waals surface area (Å²) in [4.78, 5) is 13.2. The fourth-order valence-corrected chi connectivity index (χ4v) is 5.27. The first-order valence-electron chi connectivity index (χ1n) is 7.24. The summed E-state index contributed by atoms with van der Waals surface area (Å²) >= 11 is 3.37. The summed E-state index contributed by atoms with van der Waals surface area (Å²) in [6.07, 6.45) is 2.20. The second-order valence-corrected chi connectivity index (χ2v) is 7.55. The van der Waals surface area contributed by atoms with Crippen molar-refractivity contribution in [2.45, 2.75) is 18.9 Å². The van der Waals surface area contributed by atoms with Gasteiger partial charge in [-0.25, -0.2) is 0 Å². The highest BCUT2D eigenvalue weighted by Gasteiger charge is 2.19. The van der Waals surface area contributed by atoms with E-state index < -0.39 is 0 Å². The molecule has 2 N–H and O–H groups in total. The molecule has 1 aliphatic heterocycles. The van der Waals surface area contributed by atoms with Gasteiger partial charge in [-0.15, -0.1) is 22.7 Å². The number of thiophene rings is 2. The fourth-order valence-electron chi connectivity index (χ4n) is 2.84. The van der Waals surface area contributed by atoms with Gasteiger partial charge < -0.3 is 10.6 Å². The van der Waals surface area contributed by atoms with Crippen LogP contribution < -0.4 is 10.6 Å². The lowest BCUT2D eigenvalue weighted by Crippen LogP contribution is -2.45. The minimum absolute atomic E-state index is 0.0705. The number of piperidine rings is 1. The van der Waals surface area contributed by atoms with Gasteiger partial charge in [-0.3, -0.25) is 4.79 Å². The van der Waals surface area contributed by atoms with Gasteiger partial charge in [-0.05, 0) is 31.5 Å². The molecule has 5 heteroatoms. The largest absolute Gasteiger partial charge is 0.347 e. The summed E-state index contributed by atoms with van der Waals surface area (Å²) in [7, 11) is 0. The van der Waals surface area contributed by atoms with Crippen molar-refractivity contribution < 1.29 is 4.79 Å². The maximum Gasteiger partial charge on any atom is 0.261 e. The second-order valence-electron chi connectivity index (χ2n) is 5.42. The second kappa shape index (κ2) is 5.40. The molecule has 108 valence electrons. The molecule has 1 saturated heterocycles. The minimum Gasteiger partial charge on any atom is -0.347 e. The zero-order chi connectivity index (χ0) is 14.2. The maximum atomic E-state index is 12.4. The molecular formula is C16H16N2OS2. The number of nitrogens with one attached hydrogen (secondary N) is 2. The minimum atomic E-state index is 0.0705. The summed E-state index contributed by atoms with van der Waals surface area (Å²) in [6, 6.07) is 10.7. The van der Waals surface area contributed by atoms with E-state index in [1.54, 1.807) is 22.7 Å². The maximum absolute atomic E-state index is 12.4. The predicted molar refractivity (Wildman–Crippen MR) is 90.6 cm³/mol. The van der Waals surface area contributed by atoms with Crippen LogP contribution in [0.15, 0.2) is 30.3 Å². The number of carbonyl (C=O) groups excluding carboxylic acids is 1. The Morgan fingerprint density at radius 2 is 2.14 bits per heavy atom. The topological polar surface area (TPSA) is 41.1 Å². The lowest BCUT2D eigenvalue weighted by molar-refractivity contribution is 0.0935. The third kappa shape index (κ3) is 2.46. The number of carbonyl (C=O) groups is 1. The molecule has 3 heterocycles. The van der Waals surface area contributed by atoms with Crippen LogP contribution in [0.25, 0.3) is 19.5 Å². The van der Waals surface area contributed by atoms with Crippen LogP contribution in [-0.4, -0.2) is 25.0 Å². The van der Waals surface area contributed by atoms with Gasteiger partial charge in [0.25, 0.3) is 5.91 Å². The number of hydrogen-bond acceptors (Lipinski definition) is 4. The highest BCUT2D eigenvalue weighted by molar-refractivity contribution is 7.33. The van der Waals surface area contributed by atoms with E-state index in [0.29, 0.717) is 0 Å². The lowest BCUT2D eigenvalue weighted by Gasteiger charge is -2.23. The monoisotopic (exact) mass is 316 g/mol. The van der Waals surface area contributed by atoms with Crippen molar-refractivity contribution in [3.8, 4) is 0 Å². The van der Waals surface area contributed by atoms with E-state index in [-0.39, 0.29) is 11.9 Å². The Morgan fingerprint density at radius 1 is 1.24 bits per heavy atom. The Labute approximate surface area is 131 Å². The molecule has 0 spiro atoms.